The number of primary amides is 1. The Bertz CT molecular complexity index is 2540. The molecule has 0 aliphatic carbocycles. The van der Waals surface area contributed by atoms with E-state index >= 15 is 0 Å². The predicted octanol–water partition coefficient (Wildman–Crippen LogP) is -1.77. The lowest BCUT2D eigenvalue weighted by molar-refractivity contribution is -0.148. The van der Waals surface area contributed by atoms with Crippen LogP contribution in [0.2, 0.25) is 0 Å². The largest absolute Gasteiger partial charge is 0.481 e. The van der Waals surface area contributed by atoms with Crippen LogP contribution in [0, 0.1) is 5.41 Å². The van der Waals surface area contributed by atoms with Crippen molar-refractivity contribution in [2.45, 2.75) is 119 Å². The Kier molecular flexibility index (Phi) is 19.6. The van der Waals surface area contributed by atoms with E-state index in [0.29, 0.717) is 29.5 Å². The minimum Gasteiger partial charge on any atom is -0.481 e. The van der Waals surface area contributed by atoms with E-state index in [2.05, 4.69) is 37.2 Å². The Labute approximate surface area is 427 Å². The maximum Gasteiger partial charge on any atom is 0.305 e. The van der Waals surface area contributed by atoms with Crippen molar-refractivity contribution in [3.63, 3.8) is 0 Å². The molecule has 3 aromatic rings. The highest BCUT2D eigenvalue weighted by atomic mass is 16.4. The van der Waals surface area contributed by atoms with Crippen molar-refractivity contribution in [3.8, 4) is 0 Å². The molecule has 13 N–H and O–H groups in total. The monoisotopic (exact) mass is 1020 g/mol. The number of hydrogen-bond acceptors (Lipinski definition) is 11. The molecule has 394 valence electrons. The second-order valence-corrected chi connectivity index (χ2v) is 18.6. The topological polar surface area (TPSA) is 358 Å². The Morgan fingerprint density at radius 2 is 0.919 bits per heavy atom. The standard InChI is InChI=1S/C51H64N12O11/c52-41(64)28-36-46(70)60-37(29-42(65)66)47(71)61-38(27-32-17-8-3-9-18-32)49(73)63-24-12-21-40(63)50(74)62-23-11-20-39(62)48(72)56-33(19-10-22-55-51(53)54)43(67)57-34(25-30-13-4-1-5-14-30)44(68)58-35(45(69)59-36)26-31-15-6-2-7-16-31/h1-9,13-18,33-40H,10-12,19-29H2,(H2,52,64)(H,56,72)(H,57,67)(H,58,68)(H,59,69)(H,60,70)(H,61,71)(H,65,66)(H4,53,54,55)/t33-,34-,35-,36-,37-,38-,39-,40+/m0/s1. The summed E-state index contributed by atoms with van der Waals surface area (Å²) in [4.78, 5) is 143. The van der Waals surface area contributed by atoms with Gasteiger partial charge in [-0.2, -0.15) is 0 Å². The van der Waals surface area contributed by atoms with E-state index in [4.69, 9.17) is 16.9 Å². The molecule has 0 spiro atoms. The van der Waals surface area contributed by atoms with Crippen LogP contribution in [0.3, 0.4) is 0 Å². The van der Waals surface area contributed by atoms with Gasteiger partial charge in [0.15, 0.2) is 5.96 Å². The van der Waals surface area contributed by atoms with Crippen molar-refractivity contribution >= 4 is 65.1 Å². The van der Waals surface area contributed by atoms with Crippen molar-refractivity contribution in [1.82, 2.24) is 47.0 Å². The van der Waals surface area contributed by atoms with Crippen LogP contribution in [0.15, 0.2) is 91.0 Å². The Balaban J connectivity index is 1.42. The molecule has 6 rings (SSSR count). The number of aliphatic carboxylic acids is 1. The van der Waals surface area contributed by atoms with Crippen molar-refractivity contribution in [3.05, 3.63) is 108 Å². The maximum atomic E-state index is 14.7. The second kappa shape index (κ2) is 26.4. The highest BCUT2D eigenvalue weighted by Crippen LogP contribution is 2.27. The van der Waals surface area contributed by atoms with Gasteiger partial charge in [0.2, 0.25) is 53.2 Å². The molecule has 23 nitrogen and oxygen atoms in total. The highest BCUT2D eigenvalue weighted by Gasteiger charge is 2.45. The van der Waals surface area contributed by atoms with E-state index in [1.54, 1.807) is 91.0 Å². The zero-order valence-corrected chi connectivity index (χ0v) is 40.8. The summed E-state index contributed by atoms with van der Waals surface area (Å²) in [6, 6.07) is 14.1. The summed E-state index contributed by atoms with van der Waals surface area (Å²) in [7, 11) is 0. The smallest absolute Gasteiger partial charge is 0.305 e. The molecule has 3 aliphatic heterocycles. The first-order chi connectivity index (χ1) is 35.5. The fraction of sp³-hybridized carbons (Fsp3) is 0.431. The summed E-state index contributed by atoms with van der Waals surface area (Å²) in [6.07, 6.45) is -0.892. The van der Waals surface area contributed by atoms with Crippen LogP contribution in [0.25, 0.3) is 0 Å². The molecule has 23 heteroatoms. The molecule has 0 radical (unpaired) electrons. The maximum absolute atomic E-state index is 14.7. The molecule has 0 aromatic heterocycles. The lowest BCUT2D eigenvalue weighted by atomic mass is 10.0. The van der Waals surface area contributed by atoms with E-state index in [9.17, 15) is 53.1 Å². The van der Waals surface area contributed by atoms with Gasteiger partial charge in [-0.15, -0.1) is 0 Å². The number of nitrogens with zero attached hydrogens (tertiary/aromatic N) is 2. The zero-order chi connectivity index (χ0) is 53.3. The summed E-state index contributed by atoms with van der Waals surface area (Å²) in [5, 5.41) is 35.8. The average molecular weight is 1020 g/mol. The highest BCUT2D eigenvalue weighted by molar-refractivity contribution is 6.00. The fourth-order valence-electron chi connectivity index (χ4n) is 9.37. The van der Waals surface area contributed by atoms with Crippen LogP contribution in [0.4, 0.5) is 0 Å². The molecule has 3 heterocycles. The molecule has 9 amide bonds. The van der Waals surface area contributed by atoms with Gasteiger partial charge in [-0.05, 0) is 55.2 Å². The number of carboxylic acid groups (broad SMARTS) is 1. The van der Waals surface area contributed by atoms with Crippen molar-refractivity contribution in [2.75, 3.05) is 19.6 Å². The quantitative estimate of drug-likeness (QED) is 0.0485. The normalized spacial score (nSPS) is 24.6. The molecule has 8 atom stereocenters. The molecule has 3 saturated heterocycles. The van der Waals surface area contributed by atoms with Crippen LogP contribution in [-0.4, -0.2) is 148 Å². The Hall–Kier alpha value is -8.37. The number of amides is 9. The Morgan fingerprint density at radius 1 is 0.527 bits per heavy atom. The number of rotatable bonds is 14. The van der Waals surface area contributed by atoms with E-state index in [1.165, 1.54) is 9.80 Å². The van der Waals surface area contributed by atoms with E-state index < -0.39 is 120 Å². The van der Waals surface area contributed by atoms with Crippen LogP contribution in [0.1, 0.15) is 68.1 Å². The lowest BCUT2D eigenvalue weighted by Crippen LogP contribution is -2.62. The van der Waals surface area contributed by atoms with Crippen molar-refractivity contribution < 1.29 is 53.1 Å². The molecule has 3 aromatic carbocycles. The molecule has 0 unspecified atom stereocenters. The van der Waals surface area contributed by atoms with E-state index in [-0.39, 0.29) is 70.5 Å². The third-order valence-electron chi connectivity index (χ3n) is 13.1. The van der Waals surface area contributed by atoms with Gasteiger partial charge in [0.25, 0.3) is 0 Å². The second-order valence-electron chi connectivity index (χ2n) is 18.6. The lowest BCUT2D eigenvalue weighted by Gasteiger charge is -2.34. The van der Waals surface area contributed by atoms with E-state index in [0.717, 1.165) is 0 Å². The van der Waals surface area contributed by atoms with Crippen LogP contribution in [-0.2, 0) is 67.2 Å². The van der Waals surface area contributed by atoms with Crippen LogP contribution in [0.5, 0.6) is 0 Å². The van der Waals surface area contributed by atoms with Crippen molar-refractivity contribution in [2.24, 2.45) is 11.5 Å². The van der Waals surface area contributed by atoms with Gasteiger partial charge < -0.3 is 63.6 Å². The summed E-state index contributed by atoms with van der Waals surface area (Å²) < 4.78 is 0. The number of carboxylic acids is 1. The molecule has 3 fully saturated rings. The van der Waals surface area contributed by atoms with Gasteiger partial charge in [0.1, 0.15) is 48.3 Å². The summed E-state index contributed by atoms with van der Waals surface area (Å²) in [5.41, 5.74) is 12.8. The molecule has 74 heavy (non-hydrogen) atoms. The molecular formula is C51H64N12O11. The first kappa shape index (κ1) is 55.0. The summed E-state index contributed by atoms with van der Waals surface area (Å²) >= 11 is 0. The SMILES string of the molecule is N=C(N)NCCC[C@@H]1NC(=O)[C@@H]2CCCN2C(=O)[C@H]2CCCN2C(=O)[C@H](Cc2ccccc2)NC(=O)[C@H](CC(=O)O)NC(=O)[C@H](CC(N)=O)NC(=O)[C@H](Cc2ccccc2)NC(=O)[C@H](Cc2ccccc2)NC1=O. The first-order valence-electron chi connectivity index (χ1n) is 24.6. The number of carbonyl (C=O) groups is 10. The molecule has 0 saturated carbocycles. The number of nitrogens with one attached hydrogen (secondary N) is 8. The fourth-order valence-corrected chi connectivity index (χ4v) is 9.37. The van der Waals surface area contributed by atoms with Crippen molar-refractivity contribution in [1.29, 1.82) is 5.41 Å². The van der Waals surface area contributed by atoms with E-state index in [1.807, 2.05) is 0 Å². The third kappa shape index (κ3) is 15.6. The average Bonchev–Trinajstić information content (AvgIpc) is 4.08. The number of guanidine groups is 1. The van der Waals surface area contributed by atoms with Gasteiger partial charge in [-0.1, -0.05) is 91.0 Å². The van der Waals surface area contributed by atoms with Crippen LogP contribution < -0.4 is 48.7 Å². The van der Waals surface area contributed by atoms with Gasteiger partial charge in [0.05, 0.1) is 12.8 Å². The minimum absolute atomic E-state index is 0.0205. The summed E-state index contributed by atoms with van der Waals surface area (Å²) in [5.74, 6) is -9.80. The number of nitrogens with two attached hydrogens (primary N) is 2. The van der Waals surface area contributed by atoms with Gasteiger partial charge in [-0.25, -0.2) is 0 Å². The molecule has 3 aliphatic rings. The first-order valence-corrected chi connectivity index (χ1v) is 24.6. The third-order valence-corrected chi connectivity index (χ3v) is 13.1. The zero-order valence-electron chi connectivity index (χ0n) is 40.8. The number of fused-ring (bicyclic) bond motifs is 2. The Morgan fingerprint density at radius 3 is 1.39 bits per heavy atom. The number of carbonyl (C=O) groups excluding carboxylic acids is 9. The van der Waals surface area contributed by atoms with Gasteiger partial charge in [0, 0.05) is 38.9 Å². The minimum atomic E-state index is -1.89. The molecule has 0 bridgehead atoms. The number of hydrogen-bond donors (Lipinski definition) is 11. The van der Waals surface area contributed by atoms with Crippen LogP contribution >= 0.6 is 0 Å². The van der Waals surface area contributed by atoms with Gasteiger partial charge in [-0.3, -0.25) is 53.4 Å². The molecular weight excluding hydrogens is 957 g/mol. The van der Waals surface area contributed by atoms with Gasteiger partial charge >= 0.3 is 5.97 Å². The number of benzene rings is 3. The summed E-state index contributed by atoms with van der Waals surface area (Å²) in [6.45, 7) is 0.368. The predicted molar refractivity (Wildman–Crippen MR) is 267 cm³/mol.